The van der Waals surface area contributed by atoms with E-state index in [1.807, 2.05) is 49.1 Å². The molecule has 0 aliphatic heterocycles. The van der Waals surface area contributed by atoms with Gasteiger partial charge in [-0.15, -0.1) is 0 Å². The van der Waals surface area contributed by atoms with Crippen molar-refractivity contribution in [1.82, 2.24) is 4.98 Å². The minimum atomic E-state index is -1.05. The normalized spacial score (nSPS) is 11.0. The second kappa shape index (κ2) is 8.15. The molecule has 1 N–H and O–H groups in total. The zero-order valence-corrected chi connectivity index (χ0v) is 16.7. The summed E-state index contributed by atoms with van der Waals surface area (Å²) in [6.45, 7) is 5.33. The molecule has 0 atom stereocenters. The number of carboxylic acids is 1. The molecule has 0 amide bonds. The van der Waals surface area contributed by atoms with E-state index in [4.69, 9.17) is 23.2 Å². The van der Waals surface area contributed by atoms with Gasteiger partial charge in [0.2, 0.25) is 0 Å². The van der Waals surface area contributed by atoms with Crippen LogP contribution in [0.4, 0.5) is 5.69 Å². The summed E-state index contributed by atoms with van der Waals surface area (Å²) in [4.78, 5) is 18.4. The van der Waals surface area contributed by atoms with Crippen molar-refractivity contribution in [2.75, 3.05) is 18.0 Å². The highest BCUT2D eigenvalue weighted by atomic mass is 35.5. The van der Waals surface area contributed by atoms with E-state index >= 15 is 0 Å². The number of halogens is 2. The molecule has 0 spiro atoms. The van der Waals surface area contributed by atoms with Gasteiger partial charge >= 0.3 is 5.97 Å². The van der Waals surface area contributed by atoms with Crippen LogP contribution in [0, 0.1) is 0 Å². The number of hydrogen-bond donors (Lipinski definition) is 1. The number of fused-ring (bicyclic) bond motifs is 1. The molecule has 1 aromatic heterocycles. The highest BCUT2D eigenvalue weighted by molar-refractivity contribution is 6.31. The zero-order valence-electron chi connectivity index (χ0n) is 15.2. The lowest BCUT2D eigenvalue weighted by Gasteiger charge is -2.27. The van der Waals surface area contributed by atoms with Crippen LogP contribution in [-0.2, 0) is 6.42 Å². The average Bonchev–Trinajstić information content (AvgIpc) is 2.65. The first-order chi connectivity index (χ1) is 13.0. The molecular weight excluding hydrogens is 383 g/mol. The average molecular weight is 403 g/mol. The summed E-state index contributed by atoms with van der Waals surface area (Å²) < 4.78 is 0. The van der Waals surface area contributed by atoms with E-state index in [1.54, 1.807) is 12.1 Å². The van der Waals surface area contributed by atoms with Crippen LogP contribution < -0.4 is 4.90 Å². The van der Waals surface area contributed by atoms with E-state index in [2.05, 4.69) is 4.98 Å². The van der Waals surface area contributed by atoms with Gasteiger partial charge in [0, 0.05) is 34.9 Å². The predicted molar refractivity (Wildman–Crippen MR) is 112 cm³/mol. The molecule has 0 bridgehead atoms. The molecule has 0 aliphatic rings. The van der Waals surface area contributed by atoms with Crippen LogP contribution in [-0.4, -0.2) is 29.1 Å². The SMILES string of the molecule is CCN(CC)c1c(C(=O)O)nc2ccc(Cl)cc2c1Cc1ccccc1Cl. The van der Waals surface area contributed by atoms with Gasteiger partial charge in [-0.05, 0) is 49.2 Å². The molecule has 1 heterocycles. The van der Waals surface area contributed by atoms with Gasteiger partial charge in [0.15, 0.2) is 5.69 Å². The molecule has 0 unspecified atom stereocenters. The lowest BCUT2D eigenvalue weighted by molar-refractivity contribution is 0.0691. The van der Waals surface area contributed by atoms with Crippen LogP contribution in [0.2, 0.25) is 10.0 Å². The first kappa shape index (κ1) is 19.5. The smallest absolute Gasteiger partial charge is 0.356 e. The van der Waals surface area contributed by atoms with E-state index in [-0.39, 0.29) is 5.69 Å². The number of carboxylic acid groups (broad SMARTS) is 1. The van der Waals surface area contributed by atoms with Crippen LogP contribution in [0.25, 0.3) is 10.9 Å². The fourth-order valence-corrected chi connectivity index (χ4v) is 3.71. The largest absolute Gasteiger partial charge is 0.476 e. The Hall–Kier alpha value is -2.30. The Balaban J connectivity index is 2.37. The monoisotopic (exact) mass is 402 g/mol. The number of aromatic nitrogens is 1. The van der Waals surface area contributed by atoms with Gasteiger partial charge in [-0.2, -0.15) is 0 Å². The number of carbonyl (C=O) groups is 1. The highest BCUT2D eigenvalue weighted by Crippen LogP contribution is 2.35. The van der Waals surface area contributed by atoms with Crippen molar-refractivity contribution in [1.29, 1.82) is 0 Å². The standard InChI is InChI=1S/C21H20Cl2N2O2/c1-3-25(4-2)20-16(11-13-7-5-6-8-17(13)23)15-12-14(22)9-10-18(15)24-19(20)21(26)27/h5-10,12H,3-4,11H2,1-2H3,(H,26,27). The fraction of sp³-hybridized carbons (Fsp3) is 0.238. The summed E-state index contributed by atoms with van der Waals surface area (Å²) >= 11 is 12.6. The lowest BCUT2D eigenvalue weighted by atomic mass is 9.97. The molecule has 4 nitrogen and oxygen atoms in total. The molecule has 0 fully saturated rings. The minimum Gasteiger partial charge on any atom is -0.476 e. The number of pyridine rings is 1. The summed E-state index contributed by atoms with van der Waals surface area (Å²) in [5, 5.41) is 11.9. The molecule has 2 aromatic carbocycles. The number of rotatable bonds is 6. The maximum atomic E-state index is 12.0. The molecular formula is C21H20Cl2N2O2. The molecule has 3 rings (SSSR count). The molecule has 0 saturated carbocycles. The van der Waals surface area contributed by atoms with Gasteiger partial charge in [-0.1, -0.05) is 41.4 Å². The van der Waals surface area contributed by atoms with Crippen LogP contribution in [0.3, 0.4) is 0 Å². The maximum Gasteiger partial charge on any atom is 0.356 e. The van der Waals surface area contributed by atoms with Gasteiger partial charge in [-0.25, -0.2) is 9.78 Å². The van der Waals surface area contributed by atoms with Crippen LogP contribution in [0.5, 0.6) is 0 Å². The van der Waals surface area contributed by atoms with Gasteiger partial charge in [0.05, 0.1) is 11.2 Å². The van der Waals surface area contributed by atoms with Gasteiger partial charge in [0.1, 0.15) is 0 Å². The Kier molecular flexibility index (Phi) is 5.88. The number of nitrogens with zero attached hydrogens (tertiary/aromatic N) is 2. The minimum absolute atomic E-state index is 0.0515. The first-order valence-electron chi connectivity index (χ1n) is 8.80. The number of benzene rings is 2. The van der Waals surface area contributed by atoms with Crippen LogP contribution in [0.1, 0.15) is 35.5 Å². The predicted octanol–water partition coefficient (Wildman–Crippen LogP) is 5.68. The van der Waals surface area contributed by atoms with Crippen molar-refractivity contribution >= 4 is 45.8 Å². The lowest BCUT2D eigenvalue weighted by Crippen LogP contribution is -2.26. The Bertz CT molecular complexity index is 1000. The molecule has 6 heteroatoms. The molecule has 27 heavy (non-hydrogen) atoms. The number of hydrogen-bond acceptors (Lipinski definition) is 3. The van der Waals surface area contributed by atoms with Crippen molar-refractivity contribution in [2.45, 2.75) is 20.3 Å². The Labute approximate surface area is 168 Å². The quantitative estimate of drug-likeness (QED) is 0.576. The molecule has 140 valence electrons. The van der Waals surface area contributed by atoms with E-state index in [0.29, 0.717) is 40.8 Å². The molecule has 0 radical (unpaired) electrons. The van der Waals surface area contributed by atoms with E-state index < -0.39 is 5.97 Å². The summed E-state index contributed by atoms with van der Waals surface area (Å²) in [6, 6.07) is 12.9. The van der Waals surface area contributed by atoms with Crippen molar-refractivity contribution in [3.05, 3.63) is 69.3 Å². The fourth-order valence-electron chi connectivity index (χ4n) is 3.33. The highest BCUT2D eigenvalue weighted by Gasteiger charge is 2.24. The molecule has 3 aromatic rings. The number of anilines is 1. The van der Waals surface area contributed by atoms with Gasteiger partial charge in [0.25, 0.3) is 0 Å². The van der Waals surface area contributed by atoms with Crippen molar-refractivity contribution < 1.29 is 9.90 Å². The number of aromatic carboxylic acids is 1. The van der Waals surface area contributed by atoms with Gasteiger partial charge < -0.3 is 10.0 Å². The second-order valence-corrected chi connectivity index (χ2v) is 7.04. The third-order valence-corrected chi connectivity index (χ3v) is 5.24. The van der Waals surface area contributed by atoms with Crippen LogP contribution >= 0.6 is 23.2 Å². The van der Waals surface area contributed by atoms with Crippen molar-refractivity contribution in [3.8, 4) is 0 Å². The Morgan fingerprint density at radius 1 is 1.11 bits per heavy atom. The third-order valence-electron chi connectivity index (χ3n) is 4.63. The summed E-state index contributed by atoms with van der Waals surface area (Å²) in [7, 11) is 0. The Morgan fingerprint density at radius 2 is 1.81 bits per heavy atom. The maximum absolute atomic E-state index is 12.0. The first-order valence-corrected chi connectivity index (χ1v) is 9.55. The van der Waals surface area contributed by atoms with Gasteiger partial charge in [-0.3, -0.25) is 0 Å². The van der Waals surface area contributed by atoms with E-state index in [9.17, 15) is 9.90 Å². The summed E-state index contributed by atoms with van der Waals surface area (Å²) in [6.07, 6.45) is 0.491. The molecule has 0 aliphatic carbocycles. The summed E-state index contributed by atoms with van der Waals surface area (Å²) in [5.41, 5.74) is 3.08. The zero-order chi connectivity index (χ0) is 19.6. The van der Waals surface area contributed by atoms with Crippen molar-refractivity contribution in [3.63, 3.8) is 0 Å². The summed E-state index contributed by atoms with van der Waals surface area (Å²) in [5.74, 6) is -1.05. The molecule has 0 saturated heterocycles. The van der Waals surface area contributed by atoms with E-state index in [1.165, 1.54) is 0 Å². The van der Waals surface area contributed by atoms with Crippen LogP contribution in [0.15, 0.2) is 42.5 Å². The van der Waals surface area contributed by atoms with E-state index in [0.717, 1.165) is 16.5 Å². The van der Waals surface area contributed by atoms with Crippen molar-refractivity contribution in [2.24, 2.45) is 0 Å². The third kappa shape index (κ3) is 3.87. The Morgan fingerprint density at radius 3 is 2.44 bits per heavy atom. The topological polar surface area (TPSA) is 53.4 Å². The second-order valence-electron chi connectivity index (χ2n) is 6.19.